The van der Waals surface area contributed by atoms with E-state index in [0.29, 0.717) is 16.6 Å². The van der Waals surface area contributed by atoms with Crippen LogP contribution < -0.4 is 5.73 Å². The summed E-state index contributed by atoms with van der Waals surface area (Å²) in [7, 11) is 0. The van der Waals surface area contributed by atoms with Crippen molar-refractivity contribution >= 4 is 35.0 Å². The Bertz CT molecular complexity index is 532. The highest BCUT2D eigenvalue weighted by Crippen LogP contribution is 2.34. The number of benzene rings is 1. The number of hydrogen-bond acceptors (Lipinski definition) is 3. The molecule has 17 heavy (non-hydrogen) atoms. The van der Waals surface area contributed by atoms with Gasteiger partial charge in [-0.15, -0.1) is 0 Å². The van der Waals surface area contributed by atoms with Crippen molar-refractivity contribution in [2.24, 2.45) is 5.73 Å². The molecule has 2 N–H and O–H groups in total. The monoisotopic (exact) mass is 284 g/mol. The Kier molecular flexibility index (Phi) is 4.29. The van der Waals surface area contributed by atoms with E-state index in [1.165, 1.54) is 11.8 Å². The van der Waals surface area contributed by atoms with Gasteiger partial charge >= 0.3 is 0 Å². The zero-order chi connectivity index (χ0) is 12.3. The third kappa shape index (κ3) is 3.13. The zero-order valence-corrected chi connectivity index (χ0v) is 11.2. The van der Waals surface area contributed by atoms with Gasteiger partial charge in [-0.05, 0) is 29.8 Å². The van der Waals surface area contributed by atoms with Gasteiger partial charge in [0.25, 0.3) is 0 Å². The Morgan fingerprint density at radius 3 is 2.76 bits per heavy atom. The highest BCUT2D eigenvalue weighted by Gasteiger charge is 2.08. The largest absolute Gasteiger partial charge is 0.326 e. The molecule has 0 saturated carbocycles. The molecule has 2 rings (SSSR count). The lowest BCUT2D eigenvalue weighted by Crippen LogP contribution is -1.98. The third-order valence-electron chi connectivity index (χ3n) is 2.17. The second kappa shape index (κ2) is 5.74. The van der Waals surface area contributed by atoms with Crippen molar-refractivity contribution in [3.8, 4) is 0 Å². The van der Waals surface area contributed by atoms with Gasteiger partial charge in [-0.3, -0.25) is 0 Å². The van der Waals surface area contributed by atoms with Crippen LogP contribution in [0.25, 0.3) is 0 Å². The Morgan fingerprint density at radius 1 is 1.24 bits per heavy atom. The quantitative estimate of drug-likeness (QED) is 0.926. The molecule has 2 aromatic rings. The van der Waals surface area contributed by atoms with Crippen molar-refractivity contribution in [3.05, 3.63) is 52.1 Å². The smallest absolute Gasteiger partial charge is 0.120 e. The summed E-state index contributed by atoms with van der Waals surface area (Å²) in [6.45, 7) is 0.407. The summed E-state index contributed by atoms with van der Waals surface area (Å²) in [4.78, 5) is 5.25. The summed E-state index contributed by atoms with van der Waals surface area (Å²) >= 11 is 13.6. The minimum absolute atomic E-state index is 0.407. The van der Waals surface area contributed by atoms with Gasteiger partial charge in [0.2, 0.25) is 0 Å². The van der Waals surface area contributed by atoms with Crippen molar-refractivity contribution in [2.45, 2.75) is 16.5 Å². The van der Waals surface area contributed by atoms with Gasteiger partial charge in [-0.2, -0.15) is 0 Å². The van der Waals surface area contributed by atoms with Crippen LogP contribution in [0.15, 0.2) is 46.5 Å². The van der Waals surface area contributed by atoms with E-state index in [0.717, 1.165) is 15.5 Å². The van der Waals surface area contributed by atoms with Crippen molar-refractivity contribution in [3.63, 3.8) is 0 Å². The molecule has 1 heterocycles. The van der Waals surface area contributed by atoms with Gasteiger partial charge in [-0.1, -0.05) is 41.0 Å². The molecule has 0 bridgehead atoms. The van der Waals surface area contributed by atoms with E-state index < -0.39 is 0 Å². The molecular weight excluding hydrogens is 275 g/mol. The molecule has 1 aromatic heterocycles. The van der Waals surface area contributed by atoms with Crippen molar-refractivity contribution in [1.82, 2.24) is 4.98 Å². The summed E-state index contributed by atoms with van der Waals surface area (Å²) in [6.07, 6.45) is 1.71. The van der Waals surface area contributed by atoms with E-state index in [1.807, 2.05) is 30.3 Å². The number of pyridine rings is 1. The van der Waals surface area contributed by atoms with E-state index in [-0.39, 0.29) is 0 Å². The molecule has 0 spiro atoms. The normalized spacial score (nSPS) is 10.5. The maximum Gasteiger partial charge on any atom is 0.120 e. The maximum atomic E-state index is 6.20. The molecule has 0 aliphatic carbocycles. The molecule has 0 amide bonds. The van der Waals surface area contributed by atoms with Crippen molar-refractivity contribution < 1.29 is 0 Å². The fourth-order valence-corrected chi connectivity index (χ4v) is 2.78. The number of nitrogens with two attached hydrogens (primary N) is 1. The molecule has 88 valence electrons. The lowest BCUT2D eigenvalue weighted by Gasteiger charge is -2.06. The average molecular weight is 285 g/mol. The van der Waals surface area contributed by atoms with Gasteiger partial charge in [0, 0.05) is 22.7 Å². The van der Waals surface area contributed by atoms with E-state index in [2.05, 4.69) is 4.98 Å². The average Bonchev–Trinajstić information content (AvgIpc) is 2.32. The molecule has 0 saturated heterocycles. The molecule has 0 aliphatic rings. The first-order valence-electron chi connectivity index (χ1n) is 4.97. The van der Waals surface area contributed by atoms with Crippen molar-refractivity contribution in [2.75, 3.05) is 0 Å². The van der Waals surface area contributed by atoms with Crippen LogP contribution in [0.5, 0.6) is 0 Å². The van der Waals surface area contributed by atoms with Crippen LogP contribution in [0.3, 0.4) is 0 Å². The van der Waals surface area contributed by atoms with Crippen LogP contribution in [0.4, 0.5) is 0 Å². The summed E-state index contributed by atoms with van der Waals surface area (Å²) in [5.74, 6) is 0. The molecule has 2 nitrogen and oxygen atoms in total. The van der Waals surface area contributed by atoms with Crippen LogP contribution in [-0.4, -0.2) is 4.98 Å². The van der Waals surface area contributed by atoms with E-state index in [1.54, 1.807) is 6.20 Å². The third-order valence-corrected chi connectivity index (χ3v) is 3.93. The summed E-state index contributed by atoms with van der Waals surface area (Å²) < 4.78 is 0. The SMILES string of the molecule is NCc1ccnc(Sc2cccc(Cl)c2)c1Cl. The summed E-state index contributed by atoms with van der Waals surface area (Å²) in [6, 6.07) is 9.38. The number of nitrogens with zero attached hydrogens (tertiary/aromatic N) is 1. The summed E-state index contributed by atoms with van der Waals surface area (Å²) in [5.41, 5.74) is 6.49. The van der Waals surface area contributed by atoms with Crippen LogP contribution in [0, 0.1) is 0 Å². The Labute approximate surface area is 114 Å². The minimum atomic E-state index is 0.407. The Morgan fingerprint density at radius 2 is 2.06 bits per heavy atom. The Balaban J connectivity index is 2.30. The second-order valence-corrected chi connectivity index (χ2v) is 5.23. The Hall–Kier alpha value is -0.740. The summed E-state index contributed by atoms with van der Waals surface area (Å²) in [5, 5.41) is 2.05. The van der Waals surface area contributed by atoms with Gasteiger partial charge in [0.05, 0.1) is 5.02 Å². The fourth-order valence-electron chi connectivity index (χ4n) is 1.33. The molecule has 0 fully saturated rings. The lowest BCUT2D eigenvalue weighted by molar-refractivity contribution is 1.02. The van der Waals surface area contributed by atoms with Crippen LogP contribution in [0.2, 0.25) is 10.0 Å². The minimum Gasteiger partial charge on any atom is -0.326 e. The van der Waals surface area contributed by atoms with Gasteiger partial charge in [0.15, 0.2) is 0 Å². The topological polar surface area (TPSA) is 38.9 Å². The predicted octanol–water partition coefficient (Wildman–Crippen LogP) is 4.00. The molecule has 1 aromatic carbocycles. The van der Waals surface area contributed by atoms with E-state index in [9.17, 15) is 0 Å². The van der Waals surface area contributed by atoms with Gasteiger partial charge < -0.3 is 5.73 Å². The first-order chi connectivity index (χ1) is 8.20. The molecule has 0 aliphatic heterocycles. The van der Waals surface area contributed by atoms with Crippen LogP contribution in [0.1, 0.15) is 5.56 Å². The standard InChI is InChI=1S/C12H10Cl2N2S/c13-9-2-1-3-10(6-9)17-12-11(14)8(7-15)4-5-16-12/h1-6H,7,15H2. The second-order valence-electron chi connectivity index (χ2n) is 3.35. The van der Waals surface area contributed by atoms with E-state index in [4.69, 9.17) is 28.9 Å². The zero-order valence-electron chi connectivity index (χ0n) is 8.86. The highest BCUT2D eigenvalue weighted by molar-refractivity contribution is 7.99. The lowest BCUT2D eigenvalue weighted by atomic mass is 10.3. The molecular formula is C12H10Cl2N2S. The van der Waals surface area contributed by atoms with Gasteiger partial charge in [0.1, 0.15) is 5.03 Å². The molecule has 0 radical (unpaired) electrons. The first-order valence-corrected chi connectivity index (χ1v) is 6.55. The molecule has 5 heteroatoms. The van der Waals surface area contributed by atoms with Gasteiger partial charge in [-0.25, -0.2) is 4.98 Å². The maximum absolute atomic E-state index is 6.20. The first kappa shape index (κ1) is 12.7. The number of rotatable bonds is 3. The number of halogens is 2. The molecule has 0 atom stereocenters. The van der Waals surface area contributed by atoms with Crippen LogP contribution in [-0.2, 0) is 6.54 Å². The van der Waals surface area contributed by atoms with E-state index >= 15 is 0 Å². The predicted molar refractivity (Wildman–Crippen MR) is 72.7 cm³/mol. The van der Waals surface area contributed by atoms with Crippen molar-refractivity contribution in [1.29, 1.82) is 0 Å². The van der Waals surface area contributed by atoms with Crippen LogP contribution >= 0.6 is 35.0 Å². The highest BCUT2D eigenvalue weighted by atomic mass is 35.5. The molecule has 0 unspecified atom stereocenters. The number of hydrogen-bond donors (Lipinski definition) is 1. The fraction of sp³-hybridized carbons (Fsp3) is 0.0833. The number of aromatic nitrogens is 1.